The third kappa shape index (κ3) is 5.18. The molecule has 2 aromatic carbocycles. The molecule has 3 N–H and O–H groups in total. The van der Waals surface area contributed by atoms with Gasteiger partial charge in [0.1, 0.15) is 12.1 Å². The molecule has 9 nitrogen and oxygen atoms in total. The van der Waals surface area contributed by atoms with Crippen LogP contribution in [0.3, 0.4) is 0 Å². The number of hydrogen-bond donors (Lipinski definition) is 3. The van der Waals surface area contributed by atoms with Crippen molar-refractivity contribution in [3.8, 4) is 11.3 Å². The van der Waals surface area contributed by atoms with Gasteiger partial charge >= 0.3 is 7.60 Å². The molecule has 10 heteroatoms. The Labute approximate surface area is 154 Å². The van der Waals surface area contributed by atoms with Crippen LogP contribution in [-0.4, -0.2) is 24.7 Å². The minimum atomic E-state index is -4.16. The molecule has 0 amide bonds. The summed E-state index contributed by atoms with van der Waals surface area (Å²) in [6.07, 6.45) is 0.973. The first kappa shape index (κ1) is 18.7. The molecule has 1 aromatic heterocycles. The number of benzene rings is 2. The molecule has 0 atom stereocenters. The number of nitro benzene ring substituents is 1. The van der Waals surface area contributed by atoms with Crippen LogP contribution in [0.5, 0.6) is 0 Å². The molecule has 27 heavy (non-hydrogen) atoms. The van der Waals surface area contributed by atoms with Crippen LogP contribution in [0.25, 0.3) is 11.3 Å². The Morgan fingerprint density at radius 2 is 1.85 bits per heavy atom. The van der Waals surface area contributed by atoms with Gasteiger partial charge in [-0.1, -0.05) is 24.3 Å². The highest BCUT2D eigenvalue weighted by Crippen LogP contribution is 2.39. The lowest BCUT2D eigenvalue weighted by Crippen LogP contribution is -1.97. The number of rotatable bonds is 6. The molecule has 0 aliphatic heterocycles. The van der Waals surface area contributed by atoms with Crippen LogP contribution < -0.4 is 5.32 Å². The molecule has 0 radical (unpaired) electrons. The third-order valence-corrected chi connectivity index (χ3v) is 4.38. The van der Waals surface area contributed by atoms with Crippen LogP contribution in [0.2, 0.25) is 0 Å². The Morgan fingerprint density at radius 3 is 2.59 bits per heavy atom. The standard InChI is InChI=1S/C17H15N4O5P/c22-21(23)15-6-2-4-13(8-15)16-9-17(19-11-18-16)20-14-5-1-3-12(7-14)10-27(24,25)26/h1-9,11H,10H2,(H,18,19,20)(H2,24,25,26). The van der Waals surface area contributed by atoms with Gasteiger partial charge in [-0.05, 0) is 17.7 Å². The number of hydrogen-bond acceptors (Lipinski definition) is 6. The van der Waals surface area contributed by atoms with Gasteiger partial charge in [0.2, 0.25) is 0 Å². The summed E-state index contributed by atoms with van der Waals surface area (Å²) in [6.45, 7) is 0. The number of nitrogens with one attached hydrogen (secondary N) is 1. The number of anilines is 2. The first-order valence-electron chi connectivity index (χ1n) is 7.77. The molecule has 0 saturated heterocycles. The molecule has 0 unspecified atom stereocenters. The topological polar surface area (TPSA) is 138 Å². The van der Waals surface area contributed by atoms with Gasteiger partial charge in [0, 0.05) is 29.4 Å². The van der Waals surface area contributed by atoms with Gasteiger partial charge < -0.3 is 15.1 Å². The van der Waals surface area contributed by atoms with E-state index in [1.165, 1.54) is 18.5 Å². The van der Waals surface area contributed by atoms with Crippen LogP contribution in [0.15, 0.2) is 60.9 Å². The highest BCUT2D eigenvalue weighted by atomic mass is 31.2. The smallest absolute Gasteiger partial charge is 0.329 e. The lowest BCUT2D eigenvalue weighted by molar-refractivity contribution is -0.384. The number of nitro groups is 1. The van der Waals surface area contributed by atoms with E-state index in [4.69, 9.17) is 9.79 Å². The summed E-state index contributed by atoms with van der Waals surface area (Å²) < 4.78 is 11.2. The summed E-state index contributed by atoms with van der Waals surface area (Å²) in [6, 6.07) is 14.4. The van der Waals surface area contributed by atoms with Crippen molar-refractivity contribution in [3.05, 3.63) is 76.6 Å². The fraction of sp³-hybridized carbons (Fsp3) is 0.0588. The molecule has 0 aliphatic carbocycles. The molecular formula is C17H15N4O5P. The van der Waals surface area contributed by atoms with E-state index < -0.39 is 12.5 Å². The molecule has 3 aromatic rings. The van der Waals surface area contributed by atoms with Crippen LogP contribution in [-0.2, 0) is 10.7 Å². The van der Waals surface area contributed by atoms with E-state index in [-0.39, 0.29) is 11.8 Å². The average Bonchev–Trinajstić information content (AvgIpc) is 2.61. The van der Waals surface area contributed by atoms with Crippen molar-refractivity contribution in [1.29, 1.82) is 0 Å². The first-order valence-corrected chi connectivity index (χ1v) is 9.57. The zero-order valence-corrected chi connectivity index (χ0v) is 14.8. The Kier molecular flexibility index (Phi) is 5.27. The normalized spacial score (nSPS) is 11.2. The molecule has 0 saturated carbocycles. The molecule has 0 spiro atoms. The zero-order chi connectivity index (χ0) is 19.4. The Balaban J connectivity index is 1.85. The minimum absolute atomic E-state index is 0.0363. The maximum absolute atomic E-state index is 11.2. The van der Waals surface area contributed by atoms with Gasteiger partial charge in [-0.3, -0.25) is 14.7 Å². The van der Waals surface area contributed by atoms with Crippen LogP contribution in [0.4, 0.5) is 17.2 Å². The van der Waals surface area contributed by atoms with E-state index in [0.717, 1.165) is 0 Å². The molecule has 0 fully saturated rings. The summed E-state index contributed by atoms with van der Waals surface area (Å²) in [5, 5.41) is 14.0. The van der Waals surface area contributed by atoms with Gasteiger partial charge in [-0.2, -0.15) is 0 Å². The summed E-state index contributed by atoms with van der Waals surface area (Å²) in [7, 11) is -4.16. The van der Waals surface area contributed by atoms with Crippen molar-refractivity contribution in [3.63, 3.8) is 0 Å². The first-order chi connectivity index (χ1) is 12.8. The second kappa shape index (κ2) is 7.63. The second-order valence-corrected chi connectivity index (χ2v) is 7.39. The molecule has 138 valence electrons. The van der Waals surface area contributed by atoms with Crippen molar-refractivity contribution in [1.82, 2.24) is 9.97 Å². The Hall–Kier alpha value is -3.13. The predicted octanol–water partition coefficient (Wildman–Crippen LogP) is 3.47. The predicted molar refractivity (Wildman–Crippen MR) is 99.6 cm³/mol. The van der Waals surface area contributed by atoms with Crippen LogP contribution in [0, 0.1) is 10.1 Å². The molecule has 0 aliphatic rings. The van der Waals surface area contributed by atoms with Gasteiger partial charge in [-0.15, -0.1) is 0 Å². The highest BCUT2D eigenvalue weighted by Gasteiger charge is 2.14. The lowest BCUT2D eigenvalue weighted by Gasteiger charge is -2.09. The molecule has 0 bridgehead atoms. The minimum Gasteiger partial charge on any atom is -0.340 e. The van der Waals surface area contributed by atoms with E-state index in [2.05, 4.69) is 15.3 Å². The summed E-state index contributed by atoms with van der Waals surface area (Å²) in [5.41, 5.74) is 2.13. The zero-order valence-electron chi connectivity index (χ0n) is 13.9. The van der Waals surface area contributed by atoms with Crippen molar-refractivity contribution in [2.45, 2.75) is 6.16 Å². The SMILES string of the molecule is O=[N+]([O-])c1cccc(-c2cc(Nc3cccc(CP(=O)(O)O)c3)ncn2)c1. The summed E-state index contributed by atoms with van der Waals surface area (Å²) in [5.74, 6) is 0.444. The van der Waals surface area contributed by atoms with E-state index in [0.29, 0.717) is 28.3 Å². The van der Waals surface area contributed by atoms with Gasteiger partial charge in [0.25, 0.3) is 5.69 Å². The summed E-state index contributed by atoms with van der Waals surface area (Å²) in [4.78, 5) is 36.9. The second-order valence-electron chi connectivity index (χ2n) is 5.74. The van der Waals surface area contributed by atoms with Gasteiger partial charge in [-0.25, -0.2) is 9.97 Å². The van der Waals surface area contributed by atoms with Gasteiger partial charge in [0.15, 0.2) is 0 Å². The molecular weight excluding hydrogens is 371 g/mol. The van der Waals surface area contributed by atoms with Crippen molar-refractivity contribution in [2.75, 3.05) is 5.32 Å². The number of nitrogens with zero attached hydrogens (tertiary/aromatic N) is 3. The number of aromatic nitrogens is 2. The quantitative estimate of drug-likeness (QED) is 0.332. The third-order valence-electron chi connectivity index (χ3n) is 3.61. The van der Waals surface area contributed by atoms with Gasteiger partial charge in [0.05, 0.1) is 16.8 Å². The fourth-order valence-corrected chi connectivity index (χ4v) is 3.17. The molecule has 1 heterocycles. The summed E-state index contributed by atoms with van der Waals surface area (Å²) >= 11 is 0. The monoisotopic (exact) mass is 386 g/mol. The van der Waals surface area contributed by atoms with Crippen molar-refractivity contribution in [2.24, 2.45) is 0 Å². The Morgan fingerprint density at radius 1 is 1.07 bits per heavy atom. The van der Waals surface area contributed by atoms with E-state index in [9.17, 15) is 14.7 Å². The van der Waals surface area contributed by atoms with Crippen molar-refractivity contribution < 1.29 is 19.3 Å². The largest absolute Gasteiger partial charge is 0.340 e. The maximum Gasteiger partial charge on any atom is 0.329 e. The van der Waals surface area contributed by atoms with Crippen LogP contribution in [0.1, 0.15) is 5.56 Å². The van der Waals surface area contributed by atoms with E-state index in [1.54, 1.807) is 42.5 Å². The van der Waals surface area contributed by atoms with E-state index >= 15 is 0 Å². The van der Waals surface area contributed by atoms with Crippen LogP contribution >= 0.6 is 7.60 Å². The maximum atomic E-state index is 11.2. The highest BCUT2D eigenvalue weighted by molar-refractivity contribution is 7.50. The fourth-order valence-electron chi connectivity index (χ4n) is 2.50. The van der Waals surface area contributed by atoms with Crippen molar-refractivity contribution >= 4 is 24.8 Å². The lowest BCUT2D eigenvalue weighted by atomic mass is 10.1. The Bertz CT molecular complexity index is 1040. The molecule has 3 rings (SSSR count). The average molecular weight is 386 g/mol. The van der Waals surface area contributed by atoms with E-state index in [1.807, 2.05) is 0 Å². The number of non-ortho nitro benzene ring substituents is 1.